The highest BCUT2D eigenvalue weighted by atomic mass is 16.5. The number of methoxy groups -OCH3 is 2. The van der Waals surface area contributed by atoms with Crippen molar-refractivity contribution in [2.24, 2.45) is 0 Å². The Balaban J connectivity index is 1.39. The van der Waals surface area contributed by atoms with Gasteiger partial charge >= 0.3 is 0 Å². The normalized spacial score (nSPS) is 14.6. The van der Waals surface area contributed by atoms with E-state index in [1.54, 1.807) is 14.2 Å². The second-order valence-corrected chi connectivity index (χ2v) is 6.76. The third-order valence-corrected chi connectivity index (χ3v) is 5.02. The molecule has 3 rings (SSSR count). The van der Waals surface area contributed by atoms with E-state index < -0.39 is 0 Å². The molecule has 2 aromatic rings. The largest absolute Gasteiger partial charge is 0.497 e. The predicted molar refractivity (Wildman–Crippen MR) is 108 cm³/mol. The second kappa shape index (κ2) is 9.99. The summed E-state index contributed by atoms with van der Waals surface area (Å²) in [7, 11) is 3.27. The highest BCUT2D eigenvalue weighted by Gasteiger charge is 2.21. The maximum absolute atomic E-state index is 12.4. The summed E-state index contributed by atoms with van der Waals surface area (Å²) in [6, 6.07) is 15.6. The number of rotatable bonds is 8. The van der Waals surface area contributed by atoms with Crippen LogP contribution in [0, 0.1) is 0 Å². The van der Waals surface area contributed by atoms with Crippen molar-refractivity contribution in [3.05, 3.63) is 54.1 Å². The van der Waals surface area contributed by atoms with Crippen molar-refractivity contribution in [3.63, 3.8) is 0 Å². The summed E-state index contributed by atoms with van der Waals surface area (Å²) >= 11 is 0. The van der Waals surface area contributed by atoms with Gasteiger partial charge < -0.3 is 19.1 Å². The van der Waals surface area contributed by atoms with Gasteiger partial charge in [0.05, 0.1) is 14.2 Å². The van der Waals surface area contributed by atoms with E-state index in [4.69, 9.17) is 14.2 Å². The summed E-state index contributed by atoms with van der Waals surface area (Å²) in [5, 5.41) is 0. The zero-order valence-electron chi connectivity index (χ0n) is 16.6. The van der Waals surface area contributed by atoms with E-state index in [2.05, 4.69) is 17.0 Å². The van der Waals surface area contributed by atoms with E-state index in [1.807, 2.05) is 41.3 Å². The van der Waals surface area contributed by atoms with Crippen LogP contribution in [-0.4, -0.2) is 69.3 Å². The summed E-state index contributed by atoms with van der Waals surface area (Å²) in [6.45, 7) is 4.26. The molecule has 2 aromatic carbocycles. The van der Waals surface area contributed by atoms with Crippen molar-refractivity contribution in [1.82, 2.24) is 9.80 Å². The molecule has 28 heavy (non-hydrogen) atoms. The Labute approximate surface area is 166 Å². The number of benzene rings is 2. The summed E-state index contributed by atoms with van der Waals surface area (Å²) in [4.78, 5) is 16.7. The first-order valence-electron chi connectivity index (χ1n) is 9.58. The number of ether oxygens (including phenoxy) is 3. The van der Waals surface area contributed by atoms with Gasteiger partial charge in [-0.25, -0.2) is 0 Å². The molecular weight excluding hydrogens is 356 g/mol. The Morgan fingerprint density at radius 1 is 0.893 bits per heavy atom. The third-order valence-electron chi connectivity index (χ3n) is 5.02. The van der Waals surface area contributed by atoms with Crippen LogP contribution in [0.4, 0.5) is 0 Å². The molecule has 150 valence electrons. The van der Waals surface area contributed by atoms with Gasteiger partial charge in [0.1, 0.15) is 5.75 Å². The molecule has 6 heteroatoms. The first-order chi connectivity index (χ1) is 13.7. The molecule has 1 aliphatic rings. The number of hydrogen-bond donors (Lipinski definition) is 0. The van der Waals surface area contributed by atoms with Gasteiger partial charge in [-0.3, -0.25) is 9.69 Å². The number of piperazine rings is 1. The van der Waals surface area contributed by atoms with Crippen LogP contribution < -0.4 is 14.2 Å². The highest BCUT2D eigenvalue weighted by Crippen LogP contribution is 2.25. The van der Waals surface area contributed by atoms with Gasteiger partial charge in [-0.2, -0.15) is 0 Å². The van der Waals surface area contributed by atoms with Crippen LogP contribution in [0.1, 0.15) is 5.56 Å². The highest BCUT2D eigenvalue weighted by molar-refractivity contribution is 5.78. The number of nitrogens with zero attached hydrogens (tertiary/aromatic N) is 2. The first kappa shape index (κ1) is 20.0. The average molecular weight is 384 g/mol. The summed E-state index contributed by atoms with van der Waals surface area (Å²) < 4.78 is 16.1. The summed E-state index contributed by atoms with van der Waals surface area (Å²) in [5.41, 5.74) is 1.30. The third kappa shape index (κ3) is 5.39. The van der Waals surface area contributed by atoms with Crippen LogP contribution in [0.15, 0.2) is 48.5 Å². The van der Waals surface area contributed by atoms with Crippen LogP contribution in [0.3, 0.4) is 0 Å². The van der Waals surface area contributed by atoms with E-state index >= 15 is 0 Å². The monoisotopic (exact) mass is 384 g/mol. The Hall–Kier alpha value is -2.73. The minimum atomic E-state index is 0.0145. The Bertz CT molecular complexity index is 755. The lowest BCUT2D eigenvalue weighted by molar-refractivity contribution is -0.135. The van der Waals surface area contributed by atoms with Crippen molar-refractivity contribution in [1.29, 1.82) is 0 Å². The molecule has 1 saturated heterocycles. The van der Waals surface area contributed by atoms with E-state index in [1.165, 1.54) is 5.56 Å². The minimum absolute atomic E-state index is 0.0145. The standard InChI is InChI=1S/C22H28N2O4/c1-26-19-9-7-18(8-10-19)11-12-23-13-15-24(16-14-23)22(25)17-28-21-6-4-3-5-20(21)27-2/h3-10H,11-17H2,1-2H3. The van der Waals surface area contributed by atoms with Crippen molar-refractivity contribution < 1.29 is 19.0 Å². The summed E-state index contributed by atoms with van der Waals surface area (Å²) in [6.07, 6.45) is 0.995. The lowest BCUT2D eigenvalue weighted by Gasteiger charge is -2.34. The van der Waals surface area contributed by atoms with Crippen LogP contribution in [-0.2, 0) is 11.2 Å². The second-order valence-electron chi connectivity index (χ2n) is 6.76. The lowest BCUT2D eigenvalue weighted by Crippen LogP contribution is -2.50. The zero-order valence-corrected chi connectivity index (χ0v) is 16.6. The van der Waals surface area contributed by atoms with Gasteiger partial charge in [0.15, 0.2) is 18.1 Å². The summed E-state index contributed by atoms with van der Waals surface area (Å²) in [5.74, 6) is 2.13. The van der Waals surface area contributed by atoms with Crippen LogP contribution in [0.25, 0.3) is 0 Å². The molecule has 0 bridgehead atoms. The molecule has 6 nitrogen and oxygen atoms in total. The fourth-order valence-electron chi connectivity index (χ4n) is 3.27. The average Bonchev–Trinajstić information content (AvgIpc) is 2.77. The molecule has 0 saturated carbocycles. The van der Waals surface area contributed by atoms with E-state index in [0.717, 1.165) is 44.9 Å². The fraction of sp³-hybridized carbons (Fsp3) is 0.409. The Kier molecular flexibility index (Phi) is 7.14. The molecule has 0 aromatic heterocycles. The fourth-order valence-corrected chi connectivity index (χ4v) is 3.27. The number of carbonyl (C=O) groups is 1. The molecular formula is C22H28N2O4. The van der Waals surface area contributed by atoms with Crippen LogP contribution >= 0.6 is 0 Å². The Morgan fingerprint density at radius 2 is 1.57 bits per heavy atom. The van der Waals surface area contributed by atoms with Crippen molar-refractivity contribution >= 4 is 5.91 Å². The lowest BCUT2D eigenvalue weighted by atomic mass is 10.1. The molecule has 1 amide bonds. The maximum Gasteiger partial charge on any atom is 0.260 e. The quantitative estimate of drug-likeness (QED) is 0.700. The van der Waals surface area contributed by atoms with Crippen molar-refractivity contribution in [2.45, 2.75) is 6.42 Å². The molecule has 0 aliphatic carbocycles. The van der Waals surface area contributed by atoms with Gasteiger partial charge in [0.2, 0.25) is 0 Å². The van der Waals surface area contributed by atoms with E-state index in [0.29, 0.717) is 11.5 Å². The van der Waals surface area contributed by atoms with Gasteiger partial charge in [-0.05, 0) is 36.2 Å². The van der Waals surface area contributed by atoms with Gasteiger partial charge in [-0.15, -0.1) is 0 Å². The number of amides is 1. The molecule has 0 N–H and O–H groups in total. The topological polar surface area (TPSA) is 51.2 Å². The van der Waals surface area contributed by atoms with Crippen molar-refractivity contribution in [2.75, 3.05) is 53.6 Å². The Morgan fingerprint density at radius 3 is 2.21 bits per heavy atom. The van der Waals surface area contributed by atoms with E-state index in [-0.39, 0.29) is 12.5 Å². The molecule has 0 unspecified atom stereocenters. The molecule has 1 aliphatic heterocycles. The van der Waals surface area contributed by atoms with Gasteiger partial charge in [0.25, 0.3) is 5.91 Å². The van der Waals surface area contributed by atoms with Crippen molar-refractivity contribution in [3.8, 4) is 17.2 Å². The number of carbonyl (C=O) groups excluding carboxylic acids is 1. The molecule has 0 atom stereocenters. The molecule has 1 heterocycles. The molecule has 0 spiro atoms. The smallest absolute Gasteiger partial charge is 0.260 e. The molecule has 1 fully saturated rings. The SMILES string of the molecule is COc1ccc(CCN2CCN(C(=O)COc3ccccc3OC)CC2)cc1. The first-order valence-corrected chi connectivity index (χ1v) is 9.58. The van der Waals surface area contributed by atoms with Gasteiger partial charge in [-0.1, -0.05) is 24.3 Å². The number of para-hydroxylation sites is 2. The zero-order chi connectivity index (χ0) is 19.8. The van der Waals surface area contributed by atoms with Crippen LogP contribution in [0.2, 0.25) is 0 Å². The van der Waals surface area contributed by atoms with E-state index in [9.17, 15) is 4.79 Å². The van der Waals surface area contributed by atoms with Gasteiger partial charge in [0, 0.05) is 32.7 Å². The number of hydrogen-bond acceptors (Lipinski definition) is 5. The predicted octanol–water partition coefficient (Wildman–Crippen LogP) is 2.47. The van der Waals surface area contributed by atoms with Crippen LogP contribution in [0.5, 0.6) is 17.2 Å². The molecule has 0 radical (unpaired) electrons. The minimum Gasteiger partial charge on any atom is -0.497 e. The maximum atomic E-state index is 12.4.